The summed E-state index contributed by atoms with van der Waals surface area (Å²) >= 11 is 0. The van der Waals surface area contributed by atoms with Crippen molar-refractivity contribution in [1.82, 2.24) is 9.80 Å². The van der Waals surface area contributed by atoms with E-state index in [4.69, 9.17) is 4.74 Å². The molecule has 3 aromatic carbocycles. The summed E-state index contributed by atoms with van der Waals surface area (Å²) in [6.45, 7) is 6.43. The maximum atomic E-state index is 14.6. The maximum absolute atomic E-state index is 14.6. The fourth-order valence-electron chi connectivity index (χ4n) is 9.79. The lowest BCUT2D eigenvalue weighted by Crippen LogP contribution is -2.49. The van der Waals surface area contributed by atoms with Gasteiger partial charge in [0.05, 0.1) is 35.5 Å². The van der Waals surface area contributed by atoms with E-state index in [0.29, 0.717) is 30.0 Å². The van der Waals surface area contributed by atoms with Crippen molar-refractivity contribution in [1.29, 1.82) is 0 Å². The molecule has 3 aliphatic heterocycles. The highest BCUT2D eigenvalue weighted by molar-refractivity contribution is 6.24. The third-order valence-electron chi connectivity index (χ3n) is 12.1. The third kappa shape index (κ3) is 4.92. The molecule has 1 saturated carbocycles. The lowest BCUT2D eigenvalue weighted by atomic mass is 9.51. The summed E-state index contributed by atoms with van der Waals surface area (Å²) in [5.74, 6) is -3.71. The molecule has 0 aromatic heterocycles. The highest BCUT2D eigenvalue weighted by atomic mass is 16.5. The molecule has 6 unspecified atom stereocenters. The van der Waals surface area contributed by atoms with Crippen LogP contribution in [0.3, 0.4) is 0 Å². The summed E-state index contributed by atoms with van der Waals surface area (Å²) in [4.78, 5) is 63.0. The number of phenolic OH excluding ortho intramolecular Hbond substituents is 1. The average molecular weight is 674 g/mol. The van der Waals surface area contributed by atoms with E-state index >= 15 is 0 Å². The largest absolute Gasteiger partial charge is 0.504 e. The number of hydrogen-bond donors (Lipinski definition) is 1. The van der Waals surface area contributed by atoms with Gasteiger partial charge in [-0.1, -0.05) is 72.3 Å². The molecule has 3 saturated heterocycles. The van der Waals surface area contributed by atoms with Crippen LogP contribution in [0.5, 0.6) is 11.5 Å². The third-order valence-corrected chi connectivity index (χ3v) is 12.1. The second kappa shape index (κ2) is 12.5. The predicted molar refractivity (Wildman–Crippen MR) is 187 cm³/mol. The van der Waals surface area contributed by atoms with Crippen molar-refractivity contribution in [3.05, 3.63) is 102 Å². The minimum atomic E-state index is -1.23. The summed E-state index contributed by atoms with van der Waals surface area (Å²) in [6.07, 6.45) is 4.12. The highest BCUT2D eigenvalue weighted by Crippen LogP contribution is 2.65. The molecule has 5 aliphatic rings. The van der Waals surface area contributed by atoms with Crippen LogP contribution in [-0.4, -0.2) is 64.3 Å². The number of allylic oxidation sites excluding steroid dienone is 2. The van der Waals surface area contributed by atoms with Gasteiger partial charge in [-0.05, 0) is 69.2 Å². The molecule has 4 amide bonds. The Labute approximate surface area is 292 Å². The fourth-order valence-corrected chi connectivity index (χ4v) is 9.79. The smallest absolute Gasteiger partial charge is 0.241 e. The number of fused-ring (bicyclic) bond motifs is 4. The first-order valence-electron chi connectivity index (χ1n) is 17.9. The van der Waals surface area contributed by atoms with Crippen LogP contribution in [-0.2, 0) is 25.7 Å². The number of likely N-dealkylation sites (tertiary alicyclic amines) is 2. The molecule has 4 fully saturated rings. The Hall–Kier alpha value is -4.76. The Balaban J connectivity index is 1.14. The van der Waals surface area contributed by atoms with Gasteiger partial charge in [0.15, 0.2) is 11.5 Å². The van der Waals surface area contributed by atoms with Gasteiger partial charge in [0.1, 0.15) is 0 Å². The zero-order valence-electron chi connectivity index (χ0n) is 28.5. The predicted octanol–water partition coefficient (Wildman–Crippen LogP) is 5.69. The monoisotopic (exact) mass is 673 g/mol. The van der Waals surface area contributed by atoms with E-state index in [0.717, 1.165) is 38.0 Å². The van der Waals surface area contributed by atoms with Crippen LogP contribution >= 0.6 is 0 Å². The van der Waals surface area contributed by atoms with Crippen molar-refractivity contribution in [2.45, 2.75) is 58.0 Å². The van der Waals surface area contributed by atoms with E-state index in [1.807, 2.05) is 44.2 Å². The molecule has 0 radical (unpaired) electrons. The summed E-state index contributed by atoms with van der Waals surface area (Å²) < 4.78 is 5.77. The number of carbonyl (C=O) groups excluding carboxylic acids is 4. The molecule has 8 rings (SSSR count). The molecule has 1 N–H and O–H groups in total. The molecular weight excluding hydrogens is 630 g/mol. The Morgan fingerprint density at radius 2 is 1.54 bits per heavy atom. The summed E-state index contributed by atoms with van der Waals surface area (Å²) in [5.41, 5.74) is 1.85. The molecule has 9 nitrogen and oxygen atoms in total. The number of anilines is 1. The van der Waals surface area contributed by atoms with Gasteiger partial charge >= 0.3 is 0 Å². The maximum Gasteiger partial charge on any atom is 0.241 e. The number of amides is 4. The van der Waals surface area contributed by atoms with E-state index in [1.165, 1.54) is 10.5 Å². The Morgan fingerprint density at radius 1 is 0.840 bits per heavy atom. The van der Waals surface area contributed by atoms with E-state index in [2.05, 4.69) is 17.0 Å². The number of aromatic hydroxyl groups is 1. The number of benzene rings is 3. The van der Waals surface area contributed by atoms with Crippen LogP contribution in [0, 0.1) is 29.1 Å². The van der Waals surface area contributed by atoms with Gasteiger partial charge in [-0.25, -0.2) is 4.90 Å². The van der Waals surface area contributed by atoms with Gasteiger partial charge in [0, 0.05) is 37.2 Å². The van der Waals surface area contributed by atoms with Gasteiger partial charge in [-0.2, -0.15) is 0 Å². The molecule has 9 heteroatoms. The van der Waals surface area contributed by atoms with Gasteiger partial charge < -0.3 is 9.84 Å². The molecule has 0 bridgehead atoms. The van der Waals surface area contributed by atoms with Crippen LogP contribution in [0.2, 0.25) is 0 Å². The SMILES string of the molecule is CCOc1cccc(C2C3=CCC4C(=O)N(C5CCN(Cc6ccccc6)CC5)C(=O)C4C3CC3C(=O)N(c4ccccc4)C(=O)C32C)c1O. The zero-order valence-corrected chi connectivity index (χ0v) is 28.5. The first kappa shape index (κ1) is 32.4. The first-order chi connectivity index (χ1) is 24.2. The standard InChI is InChI=1S/C41H43N3O6/c1-3-50-33-16-10-15-30(36(33)45)35-28-17-18-29-34(31(28)23-32-38(47)44(40(49)41(32,35)2)26-13-8-5-9-14-26)39(48)43(37(29)46)27-19-21-42(22-20-27)24-25-11-6-4-7-12-25/h4-17,27,29,31-32,34-35,45H,3,18-24H2,1-2H3. The number of rotatable bonds is 7. The van der Waals surface area contributed by atoms with Crippen LogP contribution < -0.4 is 9.64 Å². The molecule has 6 atom stereocenters. The Kier molecular flexibility index (Phi) is 8.13. The number of phenols is 1. The number of imide groups is 2. The van der Waals surface area contributed by atoms with Crippen molar-refractivity contribution in [2.75, 3.05) is 24.6 Å². The quantitative estimate of drug-likeness (QED) is 0.254. The topological polar surface area (TPSA) is 107 Å². The van der Waals surface area contributed by atoms with Crippen molar-refractivity contribution < 1.29 is 29.0 Å². The van der Waals surface area contributed by atoms with Crippen molar-refractivity contribution in [3.63, 3.8) is 0 Å². The van der Waals surface area contributed by atoms with Crippen molar-refractivity contribution in [3.8, 4) is 11.5 Å². The molecule has 258 valence electrons. The molecule has 3 aromatic rings. The molecule has 2 aliphatic carbocycles. The minimum absolute atomic E-state index is 0.0703. The van der Waals surface area contributed by atoms with Gasteiger partial charge in [-0.3, -0.25) is 29.0 Å². The van der Waals surface area contributed by atoms with E-state index in [9.17, 15) is 24.3 Å². The summed E-state index contributed by atoms with van der Waals surface area (Å²) in [5, 5.41) is 11.6. The molecule has 0 spiro atoms. The van der Waals surface area contributed by atoms with Gasteiger partial charge in [0.25, 0.3) is 0 Å². The number of hydrogen-bond acceptors (Lipinski definition) is 7. The first-order valence-corrected chi connectivity index (χ1v) is 17.9. The highest BCUT2D eigenvalue weighted by Gasteiger charge is 2.68. The normalized spacial score (nSPS) is 29.9. The molecular formula is C41H43N3O6. The Bertz CT molecular complexity index is 1870. The fraction of sp³-hybridized carbons (Fsp3) is 0.415. The number of carbonyl (C=O) groups is 4. The second-order valence-electron chi connectivity index (χ2n) is 14.7. The summed E-state index contributed by atoms with van der Waals surface area (Å²) in [7, 11) is 0. The Morgan fingerprint density at radius 3 is 2.24 bits per heavy atom. The number of nitrogens with zero attached hydrogens (tertiary/aromatic N) is 3. The molecule has 50 heavy (non-hydrogen) atoms. The second-order valence-corrected chi connectivity index (χ2v) is 14.7. The molecule has 3 heterocycles. The van der Waals surface area contributed by atoms with E-state index < -0.39 is 35.0 Å². The van der Waals surface area contributed by atoms with Crippen LogP contribution in [0.15, 0.2) is 90.5 Å². The van der Waals surface area contributed by atoms with Crippen LogP contribution in [0.1, 0.15) is 56.6 Å². The number of para-hydroxylation sites is 2. The van der Waals surface area contributed by atoms with Crippen LogP contribution in [0.25, 0.3) is 0 Å². The number of ether oxygens (including phenoxy) is 1. The summed E-state index contributed by atoms with van der Waals surface area (Å²) in [6, 6.07) is 24.4. The van der Waals surface area contributed by atoms with Gasteiger partial charge in [0.2, 0.25) is 23.6 Å². The zero-order chi connectivity index (χ0) is 34.7. The van der Waals surface area contributed by atoms with Crippen LogP contribution in [0.4, 0.5) is 5.69 Å². The van der Waals surface area contributed by atoms with Crippen molar-refractivity contribution >= 4 is 29.3 Å². The van der Waals surface area contributed by atoms with Gasteiger partial charge in [-0.15, -0.1) is 0 Å². The lowest BCUT2D eigenvalue weighted by molar-refractivity contribution is -0.144. The lowest BCUT2D eigenvalue weighted by Gasteiger charge is -2.49. The van der Waals surface area contributed by atoms with Crippen molar-refractivity contribution in [2.24, 2.45) is 29.1 Å². The average Bonchev–Trinajstić information content (AvgIpc) is 3.50. The number of piperidine rings is 1. The van der Waals surface area contributed by atoms with E-state index in [1.54, 1.807) is 47.4 Å². The van der Waals surface area contributed by atoms with E-state index in [-0.39, 0.29) is 41.8 Å². The minimum Gasteiger partial charge on any atom is -0.504 e.